The Morgan fingerprint density at radius 1 is 1.58 bits per heavy atom. The van der Waals surface area contributed by atoms with E-state index in [1.165, 1.54) is 0 Å². The van der Waals surface area contributed by atoms with Gasteiger partial charge in [-0.1, -0.05) is 28.1 Å². The Morgan fingerprint density at radius 2 is 2.33 bits per heavy atom. The van der Waals surface area contributed by atoms with E-state index in [1.807, 2.05) is 24.3 Å². The molecule has 0 aliphatic rings. The van der Waals surface area contributed by atoms with Gasteiger partial charge in [0, 0.05) is 9.04 Å². The lowest BCUT2D eigenvalue weighted by Crippen LogP contribution is -1.84. The summed E-state index contributed by atoms with van der Waals surface area (Å²) < 4.78 is 15.6. The van der Waals surface area contributed by atoms with Crippen LogP contribution in [0.2, 0.25) is 0 Å². The summed E-state index contributed by atoms with van der Waals surface area (Å²) in [5, 5.41) is 0. The molecule has 0 radical (unpaired) electrons. The van der Waals surface area contributed by atoms with Gasteiger partial charge in [0.1, 0.15) is 6.61 Å². The summed E-state index contributed by atoms with van der Waals surface area (Å²) in [6.45, 7) is 0.158. The van der Waals surface area contributed by atoms with Crippen molar-refractivity contribution >= 4 is 24.2 Å². The topological polar surface area (TPSA) is 46.5 Å². The van der Waals surface area contributed by atoms with Gasteiger partial charge < -0.3 is 0 Å². The van der Waals surface area contributed by atoms with E-state index in [4.69, 9.17) is 4.89 Å². The fraction of sp³-hybridized carbons (Fsp3) is 0.143. The molecule has 1 aromatic rings. The Hall–Kier alpha value is -0.280. The maximum Gasteiger partial charge on any atom is 0.695 e. The largest absolute Gasteiger partial charge is 0.695 e. The molecule has 0 fully saturated rings. The van der Waals surface area contributed by atoms with Gasteiger partial charge in [0.05, 0.1) is 0 Å². The van der Waals surface area contributed by atoms with Gasteiger partial charge in [0.2, 0.25) is 0 Å². The summed E-state index contributed by atoms with van der Waals surface area (Å²) in [5.41, 5.74) is 0.863. The lowest BCUT2D eigenvalue weighted by atomic mass is 10.2. The summed E-state index contributed by atoms with van der Waals surface area (Å²) in [5.74, 6) is 0. The Kier molecular flexibility index (Phi) is 3.82. The van der Waals surface area contributed by atoms with E-state index in [1.54, 1.807) is 0 Å². The van der Waals surface area contributed by atoms with Crippen LogP contribution in [0.5, 0.6) is 0 Å². The first-order chi connectivity index (χ1) is 5.68. The molecule has 0 amide bonds. The van der Waals surface area contributed by atoms with E-state index in [9.17, 15) is 4.57 Å². The van der Waals surface area contributed by atoms with Crippen LogP contribution >= 0.6 is 24.2 Å². The van der Waals surface area contributed by atoms with Crippen molar-refractivity contribution in [3.63, 3.8) is 0 Å². The maximum atomic E-state index is 10.2. The number of benzene rings is 1. The zero-order valence-corrected chi connectivity index (χ0v) is 8.59. The molecule has 1 N–H and O–H groups in total. The first-order valence-corrected chi connectivity index (χ1v) is 5.14. The van der Waals surface area contributed by atoms with E-state index < -0.39 is 8.25 Å². The molecule has 64 valence electrons. The third kappa shape index (κ3) is 3.41. The van der Waals surface area contributed by atoms with E-state index in [-0.39, 0.29) is 6.61 Å². The number of halogens is 1. The smallest absolute Gasteiger partial charge is 0.133 e. The van der Waals surface area contributed by atoms with Gasteiger partial charge >= 0.3 is 8.25 Å². The molecule has 0 saturated heterocycles. The zero-order valence-electron chi connectivity index (χ0n) is 6.11. The van der Waals surface area contributed by atoms with Gasteiger partial charge in [0.25, 0.3) is 0 Å². The second-order valence-corrected chi connectivity index (χ2v) is 3.79. The van der Waals surface area contributed by atoms with Crippen molar-refractivity contribution in [1.29, 1.82) is 0 Å². The van der Waals surface area contributed by atoms with E-state index >= 15 is 0 Å². The molecule has 0 aromatic heterocycles. The highest BCUT2D eigenvalue weighted by Crippen LogP contribution is 2.19. The van der Waals surface area contributed by atoms with Crippen LogP contribution in [0.25, 0.3) is 0 Å². The first-order valence-electron chi connectivity index (χ1n) is 3.22. The highest BCUT2D eigenvalue weighted by atomic mass is 79.9. The molecule has 0 bridgehead atoms. The van der Waals surface area contributed by atoms with Crippen molar-refractivity contribution in [1.82, 2.24) is 0 Å². The summed E-state index contributed by atoms with van der Waals surface area (Å²) in [6.07, 6.45) is 0. The Labute approximate surface area is 79.4 Å². The Morgan fingerprint density at radius 3 is 2.92 bits per heavy atom. The predicted octanol–water partition coefficient (Wildman–Crippen LogP) is 2.62. The predicted molar refractivity (Wildman–Crippen MR) is 48.8 cm³/mol. The number of hydrogen-bond acceptors (Lipinski definition) is 2. The molecule has 1 rings (SSSR count). The lowest BCUT2D eigenvalue weighted by Gasteiger charge is -1.94. The van der Waals surface area contributed by atoms with E-state index in [0.717, 1.165) is 10.0 Å². The molecule has 0 aliphatic heterocycles. The summed E-state index contributed by atoms with van der Waals surface area (Å²) in [4.78, 5) is 8.36. The van der Waals surface area contributed by atoms with E-state index in [2.05, 4.69) is 20.5 Å². The molecule has 1 unspecified atom stereocenters. The van der Waals surface area contributed by atoms with Gasteiger partial charge in [-0.3, -0.25) is 0 Å². The number of rotatable bonds is 3. The SMILES string of the molecule is O=[P+](O)OCc1cccc(Br)c1. The first kappa shape index (κ1) is 9.81. The monoisotopic (exact) mass is 249 g/mol. The normalized spacial score (nSPS) is 11.3. The summed E-state index contributed by atoms with van der Waals surface area (Å²) in [7, 11) is -2.50. The fourth-order valence-corrected chi connectivity index (χ4v) is 1.46. The quantitative estimate of drug-likeness (QED) is 0.838. The maximum absolute atomic E-state index is 10.2. The molecule has 0 spiro atoms. The molecule has 0 aliphatic carbocycles. The molecule has 0 heterocycles. The van der Waals surface area contributed by atoms with Gasteiger partial charge in [-0.2, -0.15) is 0 Å². The molecule has 5 heteroatoms. The van der Waals surface area contributed by atoms with Crippen LogP contribution in [0.3, 0.4) is 0 Å². The molecule has 1 atom stereocenters. The average Bonchev–Trinajstić information content (AvgIpc) is 2.01. The minimum absolute atomic E-state index is 0.158. The molecule has 12 heavy (non-hydrogen) atoms. The van der Waals surface area contributed by atoms with Crippen LogP contribution in [-0.2, 0) is 15.7 Å². The highest BCUT2D eigenvalue weighted by molar-refractivity contribution is 9.10. The van der Waals surface area contributed by atoms with Crippen LogP contribution in [0.1, 0.15) is 5.56 Å². The Bertz CT molecular complexity index is 290. The Balaban J connectivity index is 2.57. The van der Waals surface area contributed by atoms with Crippen molar-refractivity contribution in [3.8, 4) is 0 Å². The summed E-state index contributed by atoms with van der Waals surface area (Å²) >= 11 is 3.28. The molecule has 3 nitrogen and oxygen atoms in total. The summed E-state index contributed by atoms with van der Waals surface area (Å²) in [6, 6.07) is 7.37. The molecule has 1 aromatic carbocycles. The average molecular weight is 250 g/mol. The van der Waals surface area contributed by atoms with Crippen molar-refractivity contribution in [2.75, 3.05) is 0 Å². The zero-order chi connectivity index (χ0) is 8.97. The minimum atomic E-state index is -2.50. The van der Waals surface area contributed by atoms with Crippen molar-refractivity contribution in [2.45, 2.75) is 6.61 Å². The van der Waals surface area contributed by atoms with Crippen molar-refractivity contribution < 1.29 is 14.0 Å². The second-order valence-electron chi connectivity index (χ2n) is 2.14. The second kappa shape index (κ2) is 4.67. The van der Waals surface area contributed by atoms with Gasteiger partial charge in [-0.25, -0.2) is 0 Å². The van der Waals surface area contributed by atoms with Crippen LogP contribution in [0, 0.1) is 0 Å². The standard InChI is InChI=1S/C7H6BrO3P/c8-7-3-1-2-6(4-7)5-11-12(9)10/h1-4H,5H2/p+1. The third-order valence-corrected chi connectivity index (χ3v) is 2.07. The lowest BCUT2D eigenvalue weighted by molar-refractivity contribution is 0.272. The van der Waals surface area contributed by atoms with Gasteiger partial charge in [0.15, 0.2) is 0 Å². The van der Waals surface area contributed by atoms with Crippen LogP contribution in [0.4, 0.5) is 0 Å². The number of hydrogen-bond donors (Lipinski definition) is 1. The van der Waals surface area contributed by atoms with Crippen LogP contribution in [0.15, 0.2) is 28.7 Å². The highest BCUT2D eigenvalue weighted by Gasteiger charge is 2.11. The van der Waals surface area contributed by atoms with Crippen LogP contribution < -0.4 is 0 Å². The molecule has 0 saturated carbocycles. The van der Waals surface area contributed by atoms with Gasteiger partial charge in [-0.15, -0.1) is 9.42 Å². The third-order valence-electron chi connectivity index (χ3n) is 1.23. The molecular weight excluding hydrogens is 243 g/mol. The minimum Gasteiger partial charge on any atom is -0.133 e. The van der Waals surface area contributed by atoms with Crippen LogP contribution in [-0.4, -0.2) is 4.89 Å². The van der Waals surface area contributed by atoms with Gasteiger partial charge in [-0.05, 0) is 17.7 Å². The molecular formula is C7H7BrO3P+. The van der Waals surface area contributed by atoms with Crippen molar-refractivity contribution in [3.05, 3.63) is 34.3 Å². The van der Waals surface area contributed by atoms with Crippen molar-refractivity contribution in [2.24, 2.45) is 0 Å². The fourth-order valence-electron chi connectivity index (χ4n) is 0.757. The van der Waals surface area contributed by atoms with E-state index in [0.29, 0.717) is 0 Å².